The number of aryl methyl sites for hydroxylation is 1. The first kappa shape index (κ1) is 11.9. The highest BCUT2D eigenvalue weighted by Crippen LogP contribution is 2.34. The molecule has 15 heavy (non-hydrogen) atoms. The Kier molecular flexibility index (Phi) is 4.01. The molecule has 1 aromatic rings. The van der Waals surface area contributed by atoms with Crippen LogP contribution in [0.4, 0.5) is 0 Å². The van der Waals surface area contributed by atoms with Crippen LogP contribution in [0.5, 0.6) is 11.5 Å². The topological polar surface area (TPSA) is 40.5 Å². The van der Waals surface area contributed by atoms with Gasteiger partial charge in [0.05, 0.1) is 0 Å². The lowest BCUT2D eigenvalue weighted by atomic mass is 9.94. The molecule has 0 amide bonds. The van der Waals surface area contributed by atoms with Crippen LogP contribution in [0.1, 0.15) is 43.4 Å². The Bertz CT molecular complexity index is 343. The van der Waals surface area contributed by atoms with Crippen molar-refractivity contribution in [2.24, 2.45) is 0 Å². The van der Waals surface area contributed by atoms with Crippen molar-refractivity contribution in [1.29, 1.82) is 0 Å². The van der Waals surface area contributed by atoms with Gasteiger partial charge in [-0.1, -0.05) is 20.3 Å². The van der Waals surface area contributed by atoms with Gasteiger partial charge >= 0.3 is 0 Å². The van der Waals surface area contributed by atoms with Crippen LogP contribution in [-0.2, 0) is 12.8 Å². The minimum absolute atomic E-state index is 0.00426. The zero-order valence-electron chi connectivity index (χ0n) is 9.80. The molecule has 84 valence electrons. The second-order valence-corrected chi connectivity index (χ2v) is 3.96. The number of phenolic OH excluding ortho intramolecular Hbond substituents is 2. The molecule has 0 bridgehead atoms. The van der Waals surface area contributed by atoms with E-state index in [2.05, 4.69) is 13.8 Å². The van der Waals surface area contributed by atoms with Crippen molar-refractivity contribution in [3.8, 4) is 11.5 Å². The highest BCUT2D eigenvalue weighted by atomic mass is 16.3. The Morgan fingerprint density at radius 1 is 1.20 bits per heavy atom. The summed E-state index contributed by atoms with van der Waals surface area (Å²) in [5, 5.41) is 19.2. The van der Waals surface area contributed by atoms with E-state index in [0.717, 1.165) is 36.8 Å². The van der Waals surface area contributed by atoms with Crippen LogP contribution in [0, 0.1) is 6.92 Å². The predicted molar refractivity (Wildman–Crippen MR) is 62.5 cm³/mol. The van der Waals surface area contributed by atoms with E-state index in [1.807, 2.05) is 6.92 Å². The molecule has 1 aromatic carbocycles. The summed E-state index contributed by atoms with van der Waals surface area (Å²) < 4.78 is 0. The van der Waals surface area contributed by atoms with Gasteiger partial charge < -0.3 is 10.2 Å². The Morgan fingerprint density at radius 3 is 2.40 bits per heavy atom. The van der Waals surface area contributed by atoms with E-state index < -0.39 is 0 Å². The van der Waals surface area contributed by atoms with Gasteiger partial charge in [0, 0.05) is 0 Å². The van der Waals surface area contributed by atoms with E-state index in [1.165, 1.54) is 5.56 Å². The number of benzene rings is 1. The van der Waals surface area contributed by atoms with E-state index >= 15 is 0 Å². The van der Waals surface area contributed by atoms with Crippen molar-refractivity contribution < 1.29 is 10.2 Å². The molecule has 0 atom stereocenters. The number of hydrogen-bond donors (Lipinski definition) is 2. The molecular formula is C13H20O2. The minimum atomic E-state index is 0.00426. The molecule has 2 nitrogen and oxygen atoms in total. The molecule has 2 N–H and O–H groups in total. The van der Waals surface area contributed by atoms with Gasteiger partial charge in [0.2, 0.25) is 0 Å². The van der Waals surface area contributed by atoms with Crippen LogP contribution in [-0.4, -0.2) is 10.2 Å². The van der Waals surface area contributed by atoms with Crippen molar-refractivity contribution in [1.82, 2.24) is 0 Å². The number of phenols is 2. The Morgan fingerprint density at radius 2 is 1.87 bits per heavy atom. The van der Waals surface area contributed by atoms with Crippen LogP contribution in [0.3, 0.4) is 0 Å². The van der Waals surface area contributed by atoms with Gasteiger partial charge in [-0.3, -0.25) is 0 Å². The number of hydrogen-bond acceptors (Lipinski definition) is 2. The first-order valence-electron chi connectivity index (χ1n) is 5.65. The van der Waals surface area contributed by atoms with E-state index in [0.29, 0.717) is 0 Å². The summed E-state index contributed by atoms with van der Waals surface area (Å²) in [6, 6.07) is 1.69. The molecule has 0 aliphatic carbocycles. The van der Waals surface area contributed by atoms with Gasteiger partial charge in [-0.05, 0) is 48.9 Å². The number of aromatic hydroxyl groups is 2. The maximum atomic E-state index is 9.66. The Labute approximate surface area is 91.6 Å². The van der Waals surface area contributed by atoms with Gasteiger partial charge in [0.15, 0.2) is 11.5 Å². The average Bonchev–Trinajstić information content (AvgIpc) is 2.24. The van der Waals surface area contributed by atoms with Crippen molar-refractivity contribution >= 4 is 0 Å². The monoisotopic (exact) mass is 208 g/mol. The van der Waals surface area contributed by atoms with Crippen molar-refractivity contribution in [2.75, 3.05) is 0 Å². The maximum Gasteiger partial charge on any atom is 0.160 e. The summed E-state index contributed by atoms with van der Waals surface area (Å²) in [4.78, 5) is 0. The molecule has 0 aliphatic heterocycles. The first-order valence-corrected chi connectivity index (χ1v) is 5.65. The van der Waals surface area contributed by atoms with Crippen molar-refractivity contribution in [3.63, 3.8) is 0 Å². The van der Waals surface area contributed by atoms with Crippen LogP contribution in [0.15, 0.2) is 6.07 Å². The normalized spacial score (nSPS) is 10.6. The summed E-state index contributed by atoms with van der Waals surface area (Å²) in [5.74, 6) is 0.0444. The zero-order valence-corrected chi connectivity index (χ0v) is 9.80. The molecule has 0 spiro atoms. The van der Waals surface area contributed by atoms with Crippen molar-refractivity contribution in [2.45, 2.75) is 46.5 Å². The lowest BCUT2D eigenvalue weighted by Crippen LogP contribution is -1.97. The Balaban J connectivity index is 3.15. The minimum Gasteiger partial charge on any atom is -0.504 e. The molecule has 1 rings (SSSR count). The van der Waals surface area contributed by atoms with Gasteiger partial charge in [-0.25, -0.2) is 0 Å². The number of rotatable bonds is 4. The fraction of sp³-hybridized carbons (Fsp3) is 0.538. The molecule has 0 heterocycles. The molecule has 0 aliphatic rings. The fourth-order valence-electron chi connectivity index (χ4n) is 1.91. The third-order valence-corrected chi connectivity index (χ3v) is 2.91. The third kappa shape index (κ3) is 2.44. The van der Waals surface area contributed by atoms with Crippen molar-refractivity contribution in [3.05, 3.63) is 22.8 Å². The van der Waals surface area contributed by atoms with Gasteiger partial charge in [-0.15, -0.1) is 0 Å². The second kappa shape index (κ2) is 5.06. The molecule has 2 heteroatoms. The van der Waals surface area contributed by atoms with E-state index in [-0.39, 0.29) is 11.5 Å². The molecular weight excluding hydrogens is 188 g/mol. The average molecular weight is 208 g/mol. The third-order valence-electron chi connectivity index (χ3n) is 2.91. The fourth-order valence-corrected chi connectivity index (χ4v) is 1.91. The lowest BCUT2D eigenvalue weighted by molar-refractivity contribution is 0.399. The van der Waals surface area contributed by atoms with E-state index in [9.17, 15) is 10.2 Å². The highest BCUT2D eigenvalue weighted by Gasteiger charge is 2.12. The first-order chi connectivity index (χ1) is 7.11. The predicted octanol–water partition coefficient (Wildman–Crippen LogP) is 3.31. The van der Waals surface area contributed by atoms with Crippen LogP contribution < -0.4 is 0 Å². The SMILES string of the molecule is CCCCc1c(CC)cc(O)c(O)c1C. The summed E-state index contributed by atoms with van der Waals surface area (Å²) in [7, 11) is 0. The highest BCUT2D eigenvalue weighted by molar-refractivity contribution is 5.52. The standard InChI is InChI=1S/C13H20O2/c1-4-6-7-11-9(3)13(15)12(14)8-10(11)5-2/h8,14-15H,4-7H2,1-3H3. The van der Waals surface area contributed by atoms with E-state index in [1.54, 1.807) is 6.07 Å². The van der Waals surface area contributed by atoms with Gasteiger partial charge in [0.25, 0.3) is 0 Å². The Hall–Kier alpha value is -1.18. The van der Waals surface area contributed by atoms with Gasteiger partial charge in [0.1, 0.15) is 0 Å². The molecule has 0 saturated heterocycles. The second-order valence-electron chi connectivity index (χ2n) is 3.96. The lowest BCUT2D eigenvalue weighted by Gasteiger charge is -2.14. The van der Waals surface area contributed by atoms with Crippen LogP contribution >= 0.6 is 0 Å². The smallest absolute Gasteiger partial charge is 0.160 e. The summed E-state index contributed by atoms with van der Waals surface area (Å²) >= 11 is 0. The quantitative estimate of drug-likeness (QED) is 0.745. The summed E-state index contributed by atoms with van der Waals surface area (Å²) in [6.45, 7) is 6.10. The van der Waals surface area contributed by atoms with Crippen LogP contribution in [0.2, 0.25) is 0 Å². The zero-order chi connectivity index (χ0) is 11.4. The summed E-state index contributed by atoms with van der Waals surface area (Å²) in [6.07, 6.45) is 4.15. The van der Waals surface area contributed by atoms with Crippen LogP contribution in [0.25, 0.3) is 0 Å². The van der Waals surface area contributed by atoms with Gasteiger partial charge in [-0.2, -0.15) is 0 Å². The molecule has 0 radical (unpaired) electrons. The molecule has 0 unspecified atom stereocenters. The summed E-state index contributed by atoms with van der Waals surface area (Å²) in [5.41, 5.74) is 3.19. The molecule has 0 saturated carbocycles. The largest absolute Gasteiger partial charge is 0.504 e. The number of unbranched alkanes of at least 4 members (excludes halogenated alkanes) is 1. The molecule has 0 aromatic heterocycles. The maximum absolute atomic E-state index is 9.66. The molecule has 0 fully saturated rings. The van der Waals surface area contributed by atoms with E-state index in [4.69, 9.17) is 0 Å².